The fourth-order valence-corrected chi connectivity index (χ4v) is 2.91. The molecule has 0 amide bonds. The predicted molar refractivity (Wildman–Crippen MR) is 89.0 cm³/mol. The van der Waals surface area contributed by atoms with Crippen LogP contribution in [-0.2, 0) is 24.7 Å². The van der Waals surface area contributed by atoms with Crippen molar-refractivity contribution in [2.75, 3.05) is 13.2 Å². The van der Waals surface area contributed by atoms with E-state index in [4.69, 9.17) is 9.47 Å². The third-order valence-corrected chi connectivity index (χ3v) is 4.16. The smallest absolute Gasteiger partial charge is 0.343 e. The predicted octanol–water partition coefficient (Wildman–Crippen LogP) is 2.73. The Kier molecular flexibility index (Phi) is 6.55. The average molecular weight is 332 g/mol. The van der Waals surface area contributed by atoms with Crippen molar-refractivity contribution < 1.29 is 24.2 Å². The van der Waals surface area contributed by atoms with Crippen LogP contribution in [0.5, 0.6) is 0 Å². The van der Waals surface area contributed by atoms with Gasteiger partial charge in [0.25, 0.3) is 0 Å². The number of rotatable bonds is 7. The third-order valence-electron chi connectivity index (χ3n) is 4.16. The number of carbonyl (C=O) groups excluding carboxylic acids is 2. The lowest BCUT2D eigenvalue weighted by Gasteiger charge is -2.34. The van der Waals surface area contributed by atoms with Gasteiger partial charge in [-0.2, -0.15) is 0 Å². The monoisotopic (exact) mass is 332 g/mol. The molecule has 0 spiro atoms. The van der Waals surface area contributed by atoms with Gasteiger partial charge >= 0.3 is 11.9 Å². The number of aliphatic hydroxyl groups is 1. The van der Waals surface area contributed by atoms with E-state index < -0.39 is 17.5 Å². The Morgan fingerprint density at radius 3 is 2.62 bits per heavy atom. The molecular formula is C19H24O5. The minimum absolute atomic E-state index is 0.0229. The minimum atomic E-state index is -1.74. The summed E-state index contributed by atoms with van der Waals surface area (Å²) in [6.45, 7) is 1.89. The van der Waals surface area contributed by atoms with E-state index in [0.29, 0.717) is 12.0 Å². The number of esters is 2. The van der Waals surface area contributed by atoms with Crippen LogP contribution in [0.4, 0.5) is 0 Å². The molecule has 5 nitrogen and oxygen atoms in total. The van der Waals surface area contributed by atoms with Crippen LogP contribution < -0.4 is 0 Å². The largest absolute Gasteiger partial charge is 0.466 e. The standard InChI is InChI=1S/C19H24O5/c1-2-23-17(20)13-14-24-18(21)19(22,15-9-5-3-6-10-15)16-11-7-4-8-12-16/h3,5-7,9-11,16,22H,2,4,8,12-14H2,1H3. The molecule has 1 aliphatic carbocycles. The Hall–Kier alpha value is -2.14. The number of allylic oxidation sites excluding steroid dienone is 1. The molecule has 0 saturated carbocycles. The first-order chi connectivity index (χ1) is 11.6. The molecule has 5 heteroatoms. The van der Waals surface area contributed by atoms with Gasteiger partial charge in [0, 0.05) is 5.92 Å². The highest BCUT2D eigenvalue weighted by atomic mass is 16.6. The first kappa shape index (κ1) is 18.2. The van der Waals surface area contributed by atoms with Crippen molar-refractivity contribution in [2.45, 2.75) is 38.2 Å². The van der Waals surface area contributed by atoms with Crippen molar-refractivity contribution in [3.05, 3.63) is 48.0 Å². The number of hydrogen-bond acceptors (Lipinski definition) is 5. The van der Waals surface area contributed by atoms with Gasteiger partial charge in [0.1, 0.15) is 6.61 Å². The Balaban J connectivity index is 2.13. The van der Waals surface area contributed by atoms with E-state index >= 15 is 0 Å². The summed E-state index contributed by atoms with van der Waals surface area (Å²) < 4.78 is 10.0. The SMILES string of the molecule is CCOC(=O)CCOC(=O)C(O)(c1ccccc1)C1C=CCCC1. The zero-order valence-electron chi connectivity index (χ0n) is 13.9. The molecule has 130 valence electrons. The lowest BCUT2D eigenvalue weighted by atomic mass is 9.76. The molecule has 2 rings (SSSR count). The van der Waals surface area contributed by atoms with E-state index in [1.54, 1.807) is 31.2 Å². The van der Waals surface area contributed by atoms with E-state index in [9.17, 15) is 14.7 Å². The Morgan fingerprint density at radius 2 is 2.00 bits per heavy atom. The molecule has 0 aliphatic heterocycles. The summed E-state index contributed by atoms with van der Waals surface area (Å²) in [7, 11) is 0. The van der Waals surface area contributed by atoms with Crippen LogP contribution in [0.2, 0.25) is 0 Å². The normalized spacial score (nSPS) is 19.3. The highest BCUT2D eigenvalue weighted by Crippen LogP contribution is 2.37. The van der Waals surface area contributed by atoms with E-state index in [1.165, 1.54) is 0 Å². The van der Waals surface area contributed by atoms with Crippen LogP contribution in [0.3, 0.4) is 0 Å². The lowest BCUT2D eigenvalue weighted by molar-refractivity contribution is -0.173. The maximum atomic E-state index is 12.6. The van der Waals surface area contributed by atoms with Crippen LogP contribution >= 0.6 is 0 Å². The minimum Gasteiger partial charge on any atom is -0.466 e. The second-order valence-corrected chi connectivity index (χ2v) is 5.79. The quantitative estimate of drug-likeness (QED) is 0.614. The van der Waals surface area contributed by atoms with Crippen molar-refractivity contribution in [1.29, 1.82) is 0 Å². The second-order valence-electron chi connectivity index (χ2n) is 5.79. The van der Waals surface area contributed by atoms with Crippen molar-refractivity contribution in [2.24, 2.45) is 5.92 Å². The average Bonchev–Trinajstić information content (AvgIpc) is 2.62. The molecule has 1 N–H and O–H groups in total. The van der Waals surface area contributed by atoms with Gasteiger partial charge in [0.05, 0.1) is 13.0 Å². The summed E-state index contributed by atoms with van der Waals surface area (Å²) in [5.41, 5.74) is -1.24. The third kappa shape index (κ3) is 4.23. The zero-order chi connectivity index (χ0) is 17.4. The van der Waals surface area contributed by atoms with Gasteiger partial charge in [-0.15, -0.1) is 0 Å². The summed E-state index contributed by atoms with van der Waals surface area (Å²) >= 11 is 0. The zero-order valence-corrected chi connectivity index (χ0v) is 13.9. The van der Waals surface area contributed by atoms with Crippen molar-refractivity contribution in [3.63, 3.8) is 0 Å². The number of ether oxygens (including phenoxy) is 2. The molecule has 1 aromatic carbocycles. The maximum Gasteiger partial charge on any atom is 0.343 e. The molecule has 0 heterocycles. The van der Waals surface area contributed by atoms with Crippen LogP contribution in [0, 0.1) is 5.92 Å². The first-order valence-corrected chi connectivity index (χ1v) is 8.36. The van der Waals surface area contributed by atoms with E-state index in [-0.39, 0.29) is 25.6 Å². The van der Waals surface area contributed by atoms with Crippen molar-refractivity contribution in [3.8, 4) is 0 Å². The molecular weight excluding hydrogens is 308 g/mol. The van der Waals surface area contributed by atoms with E-state index in [1.807, 2.05) is 18.2 Å². The fourth-order valence-electron chi connectivity index (χ4n) is 2.91. The second kappa shape index (κ2) is 8.64. The maximum absolute atomic E-state index is 12.6. The van der Waals surface area contributed by atoms with Gasteiger partial charge in [0.2, 0.25) is 0 Å². The number of hydrogen-bond donors (Lipinski definition) is 1. The topological polar surface area (TPSA) is 72.8 Å². The highest BCUT2D eigenvalue weighted by Gasteiger charge is 2.46. The van der Waals surface area contributed by atoms with E-state index in [2.05, 4.69) is 0 Å². The Morgan fingerprint density at radius 1 is 1.25 bits per heavy atom. The van der Waals surface area contributed by atoms with Crippen molar-refractivity contribution in [1.82, 2.24) is 0 Å². The summed E-state index contributed by atoms with van der Waals surface area (Å²) in [5, 5.41) is 11.2. The Bertz CT molecular complexity index is 581. The molecule has 2 unspecified atom stereocenters. The number of carbonyl (C=O) groups is 2. The van der Waals surface area contributed by atoms with Crippen LogP contribution in [0.15, 0.2) is 42.5 Å². The molecule has 1 aromatic rings. The van der Waals surface area contributed by atoms with Gasteiger partial charge in [-0.05, 0) is 31.7 Å². The van der Waals surface area contributed by atoms with Gasteiger partial charge in [-0.3, -0.25) is 4.79 Å². The van der Waals surface area contributed by atoms with Crippen LogP contribution in [0.25, 0.3) is 0 Å². The molecule has 24 heavy (non-hydrogen) atoms. The van der Waals surface area contributed by atoms with Crippen LogP contribution in [0.1, 0.15) is 38.2 Å². The molecule has 0 saturated heterocycles. The van der Waals surface area contributed by atoms with Gasteiger partial charge < -0.3 is 14.6 Å². The summed E-state index contributed by atoms with van der Waals surface area (Å²) in [6.07, 6.45) is 6.39. The van der Waals surface area contributed by atoms with Gasteiger partial charge in [-0.1, -0.05) is 42.5 Å². The van der Waals surface area contributed by atoms with Crippen molar-refractivity contribution >= 4 is 11.9 Å². The highest BCUT2D eigenvalue weighted by molar-refractivity contribution is 5.82. The summed E-state index contributed by atoms with van der Waals surface area (Å²) in [5.74, 6) is -1.50. The summed E-state index contributed by atoms with van der Waals surface area (Å²) in [4.78, 5) is 24.0. The first-order valence-electron chi connectivity index (χ1n) is 8.36. The summed E-state index contributed by atoms with van der Waals surface area (Å²) in [6, 6.07) is 8.81. The van der Waals surface area contributed by atoms with Crippen LogP contribution in [-0.4, -0.2) is 30.3 Å². The van der Waals surface area contributed by atoms with Gasteiger partial charge in [-0.25, -0.2) is 4.79 Å². The number of benzene rings is 1. The fraction of sp³-hybridized carbons (Fsp3) is 0.474. The molecule has 1 aliphatic rings. The van der Waals surface area contributed by atoms with Gasteiger partial charge in [0.15, 0.2) is 5.60 Å². The molecule has 0 radical (unpaired) electrons. The molecule has 2 atom stereocenters. The molecule has 0 bridgehead atoms. The molecule has 0 fully saturated rings. The van der Waals surface area contributed by atoms with E-state index in [0.717, 1.165) is 12.8 Å². The Labute approximate surface area is 142 Å². The molecule has 0 aromatic heterocycles. The lowest BCUT2D eigenvalue weighted by Crippen LogP contribution is -2.44.